The zero-order valence-corrected chi connectivity index (χ0v) is 9.91. The number of aromatic nitrogens is 1. The Kier molecular flexibility index (Phi) is 3.22. The second kappa shape index (κ2) is 4.81. The first-order chi connectivity index (χ1) is 8.19. The smallest absolute Gasteiger partial charge is 0.168 e. The Morgan fingerprint density at radius 1 is 1.29 bits per heavy atom. The van der Waals surface area contributed by atoms with Gasteiger partial charge in [-0.3, -0.25) is 4.79 Å². The minimum atomic E-state index is 0.212. The molecule has 1 heterocycles. The number of aryl methyl sites for hydroxylation is 1. The minimum absolute atomic E-state index is 0.212. The summed E-state index contributed by atoms with van der Waals surface area (Å²) in [5, 5.41) is 9.74. The van der Waals surface area contributed by atoms with Crippen LogP contribution in [0.15, 0.2) is 24.3 Å². The number of hydrogen-bond acceptors (Lipinski definition) is 4. The molecule has 0 atom stereocenters. The van der Waals surface area contributed by atoms with E-state index in [4.69, 9.17) is 5.11 Å². The molecule has 0 aliphatic rings. The Balaban J connectivity index is 2.26. The summed E-state index contributed by atoms with van der Waals surface area (Å²) in [5.41, 5.74) is 1.50. The third kappa shape index (κ3) is 2.71. The van der Waals surface area contributed by atoms with Crippen molar-refractivity contribution >= 4 is 17.6 Å². The number of hydrogen-bond donors (Lipinski definition) is 1. The van der Waals surface area contributed by atoms with Crippen molar-refractivity contribution in [1.29, 1.82) is 0 Å². The van der Waals surface area contributed by atoms with Crippen molar-refractivity contribution in [2.45, 2.75) is 6.92 Å². The summed E-state index contributed by atoms with van der Waals surface area (Å²) in [6, 6.07) is 6.61. The van der Waals surface area contributed by atoms with Crippen LogP contribution < -0.4 is 0 Å². The summed E-state index contributed by atoms with van der Waals surface area (Å²) in [5.74, 6) is 6.03. The zero-order valence-electron chi connectivity index (χ0n) is 9.10. The van der Waals surface area contributed by atoms with Crippen LogP contribution in [0.2, 0.25) is 0 Å². The monoisotopic (exact) mass is 243 g/mol. The Morgan fingerprint density at radius 3 is 2.59 bits per heavy atom. The Bertz CT molecular complexity index is 603. The lowest BCUT2D eigenvalue weighted by Crippen LogP contribution is -1.78. The van der Waals surface area contributed by atoms with Crippen molar-refractivity contribution in [3.8, 4) is 17.6 Å². The topological polar surface area (TPSA) is 50.2 Å². The summed E-state index contributed by atoms with van der Waals surface area (Å²) >= 11 is 1.28. The molecule has 0 saturated carbocycles. The highest BCUT2D eigenvalue weighted by atomic mass is 32.1. The van der Waals surface area contributed by atoms with Crippen LogP contribution in [0.25, 0.3) is 0 Å². The molecule has 84 valence electrons. The van der Waals surface area contributed by atoms with Crippen LogP contribution in [0, 0.1) is 18.8 Å². The van der Waals surface area contributed by atoms with E-state index in [1.807, 2.05) is 0 Å². The summed E-state index contributed by atoms with van der Waals surface area (Å²) in [7, 11) is 0. The standard InChI is InChI=1S/C13H9NO2S/c1-9-12(8-15)17-13(14-9)7-4-10-2-5-11(16)6-3-10/h2-3,5-6,8,16H,1H3. The number of nitrogens with zero attached hydrogens (tertiary/aromatic N) is 1. The van der Waals surface area contributed by atoms with Crippen LogP contribution >= 0.6 is 11.3 Å². The summed E-state index contributed by atoms with van der Waals surface area (Å²) in [6.45, 7) is 1.78. The molecule has 0 aliphatic carbocycles. The molecule has 1 aromatic carbocycles. The third-order valence-corrected chi connectivity index (χ3v) is 3.12. The molecule has 0 fully saturated rings. The molecule has 0 aliphatic heterocycles. The summed E-state index contributed by atoms with van der Waals surface area (Å²) in [4.78, 5) is 15.4. The highest BCUT2D eigenvalue weighted by Gasteiger charge is 2.03. The molecule has 0 amide bonds. The molecule has 0 unspecified atom stereocenters. The lowest BCUT2D eigenvalue weighted by Gasteiger charge is -1.89. The second-order valence-corrected chi connectivity index (χ2v) is 4.41. The van der Waals surface area contributed by atoms with E-state index in [-0.39, 0.29) is 5.75 Å². The maximum absolute atomic E-state index is 10.6. The molecule has 2 aromatic rings. The number of aldehydes is 1. The van der Waals surface area contributed by atoms with Gasteiger partial charge in [0.05, 0.1) is 10.6 Å². The minimum Gasteiger partial charge on any atom is -0.508 e. The van der Waals surface area contributed by atoms with E-state index in [0.29, 0.717) is 15.6 Å². The van der Waals surface area contributed by atoms with Gasteiger partial charge < -0.3 is 5.11 Å². The van der Waals surface area contributed by atoms with Crippen molar-refractivity contribution in [2.75, 3.05) is 0 Å². The van der Waals surface area contributed by atoms with Gasteiger partial charge in [0.1, 0.15) is 5.75 Å². The number of rotatable bonds is 1. The molecular weight excluding hydrogens is 234 g/mol. The molecule has 0 spiro atoms. The van der Waals surface area contributed by atoms with Crippen molar-refractivity contribution in [3.05, 3.63) is 45.4 Å². The quantitative estimate of drug-likeness (QED) is 0.618. The largest absolute Gasteiger partial charge is 0.508 e. The molecule has 0 bridgehead atoms. The lowest BCUT2D eigenvalue weighted by molar-refractivity contribution is 0.112. The van der Waals surface area contributed by atoms with Gasteiger partial charge in [-0.05, 0) is 37.1 Å². The molecule has 1 aromatic heterocycles. The van der Waals surface area contributed by atoms with E-state index in [9.17, 15) is 4.79 Å². The van der Waals surface area contributed by atoms with Gasteiger partial charge in [0, 0.05) is 5.56 Å². The second-order valence-electron chi connectivity index (χ2n) is 3.38. The molecule has 4 heteroatoms. The van der Waals surface area contributed by atoms with E-state index in [1.54, 1.807) is 31.2 Å². The van der Waals surface area contributed by atoms with Gasteiger partial charge in [0.25, 0.3) is 0 Å². The van der Waals surface area contributed by atoms with E-state index in [1.165, 1.54) is 11.3 Å². The summed E-state index contributed by atoms with van der Waals surface area (Å²) in [6.07, 6.45) is 0.790. The highest BCUT2D eigenvalue weighted by Crippen LogP contribution is 2.15. The maximum atomic E-state index is 10.6. The number of phenols is 1. The van der Waals surface area contributed by atoms with Crippen LogP contribution in [0.4, 0.5) is 0 Å². The van der Waals surface area contributed by atoms with Crippen LogP contribution in [-0.4, -0.2) is 16.4 Å². The molecular formula is C13H9NO2S. The third-order valence-electron chi connectivity index (χ3n) is 2.12. The number of benzene rings is 1. The normalized spacial score (nSPS) is 9.47. The Morgan fingerprint density at radius 2 is 2.00 bits per heavy atom. The molecule has 1 N–H and O–H groups in total. The van der Waals surface area contributed by atoms with Crippen molar-refractivity contribution in [2.24, 2.45) is 0 Å². The fraction of sp³-hybridized carbons (Fsp3) is 0.0769. The van der Waals surface area contributed by atoms with E-state index in [2.05, 4.69) is 16.8 Å². The van der Waals surface area contributed by atoms with Gasteiger partial charge in [0.15, 0.2) is 11.3 Å². The van der Waals surface area contributed by atoms with Gasteiger partial charge in [-0.25, -0.2) is 4.98 Å². The predicted octanol–water partition coefficient (Wildman–Crippen LogP) is 2.37. The fourth-order valence-electron chi connectivity index (χ4n) is 1.24. The number of carbonyl (C=O) groups excluding carboxylic acids is 1. The van der Waals surface area contributed by atoms with Gasteiger partial charge >= 0.3 is 0 Å². The lowest BCUT2D eigenvalue weighted by atomic mass is 10.2. The van der Waals surface area contributed by atoms with Crippen LogP contribution in [0.1, 0.15) is 25.9 Å². The van der Waals surface area contributed by atoms with Crippen LogP contribution in [0.5, 0.6) is 5.75 Å². The van der Waals surface area contributed by atoms with E-state index in [0.717, 1.165) is 11.8 Å². The first-order valence-corrected chi connectivity index (χ1v) is 5.74. The van der Waals surface area contributed by atoms with Crippen molar-refractivity contribution in [1.82, 2.24) is 4.98 Å². The number of carbonyl (C=O) groups is 1. The fourth-order valence-corrected chi connectivity index (χ4v) is 1.98. The van der Waals surface area contributed by atoms with E-state index < -0.39 is 0 Å². The van der Waals surface area contributed by atoms with Gasteiger partial charge in [-0.2, -0.15) is 0 Å². The first-order valence-electron chi connectivity index (χ1n) is 4.92. The van der Waals surface area contributed by atoms with E-state index >= 15 is 0 Å². The predicted molar refractivity (Wildman–Crippen MR) is 66.3 cm³/mol. The zero-order chi connectivity index (χ0) is 12.3. The van der Waals surface area contributed by atoms with Crippen molar-refractivity contribution < 1.29 is 9.90 Å². The molecule has 3 nitrogen and oxygen atoms in total. The Labute approximate surface area is 103 Å². The SMILES string of the molecule is Cc1nc(C#Cc2ccc(O)cc2)sc1C=O. The number of thiazole rings is 1. The van der Waals surface area contributed by atoms with Crippen LogP contribution in [-0.2, 0) is 0 Å². The number of phenolic OH excluding ortho intramolecular Hbond substituents is 1. The van der Waals surface area contributed by atoms with Gasteiger partial charge in [0.2, 0.25) is 0 Å². The highest BCUT2D eigenvalue weighted by molar-refractivity contribution is 7.13. The maximum Gasteiger partial charge on any atom is 0.168 e. The molecule has 2 rings (SSSR count). The average Bonchev–Trinajstić information content (AvgIpc) is 2.69. The van der Waals surface area contributed by atoms with Gasteiger partial charge in [-0.1, -0.05) is 5.92 Å². The van der Waals surface area contributed by atoms with Gasteiger partial charge in [-0.15, -0.1) is 11.3 Å². The summed E-state index contributed by atoms with van der Waals surface area (Å²) < 4.78 is 0. The van der Waals surface area contributed by atoms with Crippen molar-refractivity contribution in [3.63, 3.8) is 0 Å². The van der Waals surface area contributed by atoms with Crippen LogP contribution in [0.3, 0.4) is 0 Å². The first kappa shape index (κ1) is 11.4. The molecule has 0 saturated heterocycles. The average molecular weight is 243 g/mol. The number of aromatic hydroxyl groups is 1. The molecule has 0 radical (unpaired) electrons. The molecule has 17 heavy (non-hydrogen) atoms. The Hall–Kier alpha value is -2.12.